The second kappa shape index (κ2) is 8.22. The maximum atomic E-state index is 13.4. The first-order chi connectivity index (χ1) is 15.1. The van der Waals surface area contributed by atoms with Crippen molar-refractivity contribution < 1.29 is 14.4 Å². The fraction of sp³-hybridized carbons (Fsp3) is 0.375. The Kier molecular flexibility index (Phi) is 5.73. The number of nitrogens with two attached hydrogens (primary N) is 1. The summed E-state index contributed by atoms with van der Waals surface area (Å²) in [4.78, 5) is 42.4. The number of benzene rings is 2. The van der Waals surface area contributed by atoms with Gasteiger partial charge in [-0.25, -0.2) is 0 Å². The van der Waals surface area contributed by atoms with Crippen LogP contribution in [-0.2, 0) is 9.59 Å². The minimum atomic E-state index is -0.765. The Morgan fingerprint density at radius 3 is 2.41 bits per heavy atom. The average Bonchev–Trinajstić information content (AvgIpc) is 2.86. The molecule has 2 unspecified atom stereocenters. The molecule has 0 bridgehead atoms. The molecule has 3 N–H and O–H groups in total. The number of rotatable bonds is 2. The first-order valence-corrected chi connectivity index (χ1v) is 11.0. The van der Waals surface area contributed by atoms with Crippen molar-refractivity contribution in [2.24, 2.45) is 11.1 Å². The van der Waals surface area contributed by atoms with Gasteiger partial charge in [0.05, 0.1) is 23.8 Å². The monoisotopic (exact) mass is 454 g/mol. The predicted molar refractivity (Wildman–Crippen MR) is 124 cm³/mol. The molecule has 2 aromatic rings. The van der Waals surface area contributed by atoms with Gasteiger partial charge in [0.25, 0.3) is 5.91 Å². The Balaban J connectivity index is 1.61. The molecule has 0 saturated carbocycles. The van der Waals surface area contributed by atoms with E-state index in [1.54, 1.807) is 34.1 Å². The van der Waals surface area contributed by atoms with Crippen molar-refractivity contribution >= 4 is 35.0 Å². The van der Waals surface area contributed by atoms with Gasteiger partial charge < -0.3 is 20.9 Å². The summed E-state index contributed by atoms with van der Waals surface area (Å²) in [5.74, 6) is -0.742. The van der Waals surface area contributed by atoms with Crippen LogP contribution >= 0.6 is 11.6 Å². The van der Waals surface area contributed by atoms with Crippen LogP contribution in [0.5, 0.6) is 0 Å². The largest absolute Gasteiger partial charge is 0.337 e. The number of anilines is 1. The summed E-state index contributed by atoms with van der Waals surface area (Å²) < 4.78 is 0. The zero-order valence-electron chi connectivity index (χ0n) is 18.4. The molecule has 168 valence electrons. The van der Waals surface area contributed by atoms with Gasteiger partial charge in [-0.1, -0.05) is 50.6 Å². The van der Waals surface area contributed by atoms with Gasteiger partial charge >= 0.3 is 0 Å². The molecule has 3 amide bonds. The third kappa shape index (κ3) is 4.10. The number of piperazine rings is 1. The van der Waals surface area contributed by atoms with Crippen LogP contribution in [0.25, 0.3) is 11.1 Å². The maximum Gasteiger partial charge on any atom is 0.256 e. The molecule has 0 aromatic heterocycles. The molecule has 2 aliphatic heterocycles. The fourth-order valence-corrected chi connectivity index (χ4v) is 4.17. The average molecular weight is 455 g/mol. The van der Waals surface area contributed by atoms with Crippen LogP contribution < -0.4 is 11.1 Å². The molecule has 1 saturated heterocycles. The molecular weight excluding hydrogens is 428 g/mol. The lowest BCUT2D eigenvalue weighted by molar-refractivity contribution is -0.139. The molecule has 2 aromatic carbocycles. The van der Waals surface area contributed by atoms with Crippen LogP contribution in [0, 0.1) is 5.41 Å². The standard InChI is InChI=1S/C24H27ClN4O3/c1-24(2,3)20(26)23(32)28-10-11-29-19(13-28)21(30)27-18-9-6-15(12-17(18)22(29)31)14-4-7-16(25)8-5-14/h4-9,12,19-20H,10-11,13,26H2,1-3H3,(H,27,30). The smallest absolute Gasteiger partial charge is 0.256 e. The number of nitrogens with one attached hydrogen (secondary N) is 1. The van der Waals surface area contributed by atoms with Crippen LogP contribution in [0.1, 0.15) is 31.1 Å². The summed E-state index contributed by atoms with van der Waals surface area (Å²) in [6.45, 7) is 6.44. The second-order valence-corrected chi connectivity index (χ2v) is 9.84. The number of nitrogens with zero attached hydrogens (tertiary/aromatic N) is 2. The van der Waals surface area contributed by atoms with Gasteiger partial charge in [0.15, 0.2) is 0 Å². The van der Waals surface area contributed by atoms with Crippen LogP contribution in [0.15, 0.2) is 42.5 Å². The summed E-state index contributed by atoms with van der Waals surface area (Å²) in [5.41, 5.74) is 8.43. The molecular formula is C24H27ClN4O3. The lowest BCUT2D eigenvalue weighted by atomic mass is 9.86. The Bertz CT molecular complexity index is 1080. The minimum absolute atomic E-state index is 0.123. The lowest BCUT2D eigenvalue weighted by Crippen LogP contribution is -2.62. The highest BCUT2D eigenvalue weighted by molar-refractivity contribution is 6.30. The van der Waals surface area contributed by atoms with Crippen molar-refractivity contribution in [2.45, 2.75) is 32.9 Å². The predicted octanol–water partition coefficient (Wildman–Crippen LogP) is 2.99. The van der Waals surface area contributed by atoms with Crippen molar-refractivity contribution in [3.8, 4) is 11.1 Å². The molecule has 7 nitrogen and oxygen atoms in total. The van der Waals surface area contributed by atoms with Gasteiger partial charge in [0, 0.05) is 18.1 Å². The number of hydrogen-bond acceptors (Lipinski definition) is 4. The number of carbonyl (C=O) groups is 3. The molecule has 2 heterocycles. The van der Waals surface area contributed by atoms with Gasteiger partial charge in [0.1, 0.15) is 6.04 Å². The highest BCUT2D eigenvalue weighted by atomic mass is 35.5. The van der Waals surface area contributed by atoms with E-state index in [1.165, 1.54) is 0 Å². The summed E-state index contributed by atoms with van der Waals surface area (Å²) in [5, 5.41) is 3.50. The summed E-state index contributed by atoms with van der Waals surface area (Å²) in [7, 11) is 0. The molecule has 32 heavy (non-hydrogen) atoms. The van der Waals surface area contributed by atoms with Gasteiger partial charge in [-0.2, -0.15) is 0 Å². The molecule has 8 heteroatoms. The highest BCUT2D eigenvalue weighted by Gasteiger charge is 2.42. The molecule has 2 aliphatic rings. The number of halogens is 1. The fourth-order valence-electron chi connectivity index (χ4n) is 4.04. The van der Waals surface area contributed by atoms with Crippen LogP contribution in [0.3, 0.4) is 0 Å². The van der Waals surface area contributed by atoms with Crippen molar-refractivity contribution in [1.29, 1.82) is 0 Å². The SMILES string of the molecule is CC(C)(C)C(N)C(=O)N1CCN2C(=O)c3cc(-c4ccc(Cl)cc4)ccc3NC(=O)C2C1. The van der Waals surface area contributed by atoms with E-state index in [0.29, 0.717) is 22.8 Å². The normalized spacial score (nSPS) is 19.6. The van der Waals surface area contributed by atoms with E-state index in [9.17, 15) is 14.4 Å². The van der Waals surface area contributed by atoms with Gasteiger partial charge in [-0.15, -0.1) is 0 Å². The number of amides is 3. The van der Waals surface area contributed by atoms with Gasteiger partial charge in [-0.3, -0.25) is 14.4 Å². The third-order valence-electron chi connectivity index (χ3n) is 6.14. The molecule has 1 fully saturated rings. The highest BCUT2D eigenvalue weighted by Crippen LogP contribution is 2.31. The topological polar surface area (TPSA) is 95.7 Å². The maximum absolute atomic E-state index is 13.4. The van der Waals surface area contributed by atoms with Crippen molar-refractivity contribution in [3.63, 3.8) is 0 Å². The molecule has 4 rings (SSSR count). The van der Waals surface area contributed by atoms with Crippen LogP contribution in [0.2, 0.25) is 5.02 Å². The van der Waals surface area contributed by atoms with Crippen molar-refractivity contribution in [1.82, 2.24) is 9.80 Å². The number of hydrogen-bond donors (Lipinski definition) is 2. The molecule has 0 aliphatic carbocycles. The third-order valence-corrected chi connectivity index (χ3v) is 6.39. The Hall–Kier alpha value is -2.90. The van der Waals surface area contributed by atoms with Crippen molar-refractivity contribution in [2.75, 3.05) is 25.0 Å². The first kappa shape index (κ1) is 22.3. The van der Waals surface area contributed by atoms with E-state index in [0.717, 1.165) is 11.1 Å². The van der Waals surface area contributed by atoms with Gasteiger partial charge in [-0.05, 0) is 40.8 Å². The number of carbonyl (C=O) groups excluding carboxylic acids is 3. The van der Waals surface area contributed by atoms with E-state index in [-0.39, 0.29) is 30.8 Å². The van der Waals surface area contributed by atoms with Crippen LogP contribution in [0.4, 0.5) is 5.69 Å². The summed E-state index contributed by atoms with van der Waals surface area (Å²) in [6.07, 6.45) is 0. The van der Waals surface area contributed by atoms with E-state index in [1.807, 2.05) is 39.0 Å². The molecule has 2 atom stereocenters. The van der Waals surface area contributed by atoms with E-state index < -0.39 is 17.5 Å². The molecule has 0 spiro atoms. The zero-order valence-corrected chi connectivity index (χ0v) is 19.1. The number of fused-ring (bicyclic) bond motifs is 2. The van der Waals surface area contributed by atoms with E-state index >= 15 is 0 Å². The van der Waals surface area contributed by atoms with E-state index in [4.69, 9.17) is 17.3 Å². The second-order valence-electron chi connectivity index (χ2n) is 9.40. The Morgan fingerprint density at radius 1 is 1.09 bits per heavy atom. The Morgan fingerprint density at radius 2 is 1.75 bits per heavy atom. The van der Waals surface area contributed by atoms with Crippen molar-refractivity contribution in [3.05, 3.63) is 53.1 Å². The minimum Gasteiger partial charge on any atom is -0.337 e. The summed E-state index contributed by atoms with van der Waals surface area (Å²) in [6, 6.07) is 11.3. The summed E-state index contributed by atoms with van der Waals surface area (Å²) >= 11 is 5.99. The Labute approximate surface area is 192 Å². The van der Waals surface area contributed by atoms with E-state index in [2.05, 4.69) is 5.32 Å². The first-order valence-electron chi connectivity index (χ1n) is 10.6. The van der Waals surface area contributed by atoms with Crippen LogP contribution in [-0.4, -0.2) is 59.2 Å². The zero-order chi connectivity index (χ0) is 23.2. The van der Waals surface area contributed by atoms with Gasteiger partial charge in [0.2, 0.25) is 11.8 Å². The molecule has 0 radical (unpaired) electrons. The quantitative estimate of drug-likeness (QED) is 0.729. The lowest BCUT2D eigenvalue weighted by Gasteiger charge is -2.41.